The van der Waals surface area contributed by atoms with Gasteiger partial charge in [0, 0.05) is 40.3 Å². The lowest BCUT2D eigenvalue weighted by Crippen LogP contribution is -2.09. The molecule has 6 rings (SSSR count). The van der Waals surface area contributed by atoms with Gasteiger partial charge in [-0.2, -0.15) is 5.10 Å². The number of aromatic nitrogens is 7. The summed E-state index contributed by atoms with van der Waals surface area (Å²) in [5, 5.41) is 8.75. The zero-order chi connectivity index (χ0) is 24.9. The summed E-state index contributed by atoms with van der Waals surface area (Å²) in [4.78, 5) is 21.1. The van der Waals surface area contributed by atoms with E-state index in [9.17, 15) is 8.42 Å². The van der Waals surface area contributed by atoms with Crippen LogP contribution in [0.1, 0.15) is 0 Å². The van der Waals surface area contributed by atoms with Gasteiger partial charge in [0.15, 0.2) is 17.1 Å². The minimum Gasteiger partial charge on any atom is -0.321 e. The second kappa shape index (κ2) is 8.40. The molecule has 36 heavy (non-hydrogen) atoms. The van der Waals surface area contributed by atoms with Crippen molar-refractivity contribution in [3.8, 4) is 33.8 Å². The predicted molar refractivity (Wildman–Crippen MR) is 139 cm³/mol. The number of nitrogens with one attached hydrogen (secondary N) is 3. The Balaban J connectivity index is 1.45. The van der Waals surface area contributed by atoms with E-state index in [1.165, 1.54) is 6.20 Å². The molecule has 1 aromatic carbocycles. The van der Waals surface area contributed by atoms with Crippen molar-refractivity contribution < 1.29 is 8.42 Å². The van der Waals surface area contributed by atoms with Gasteiger partial charge in [0.05, 0.1) is 23.5 Å². The number of imidazole rings is 1. The van der Waals surface area contributed by atoms with Crippen molar-refractivity contribution in [2.75, 3.05) is 11.0 Å². The maximum Gasteiger partial charge on any atom is 0.229 e. The highest BCUT2D eigenvalue weighted by atomic mass is 35.5. The van der Waals surface area contributed by atoms with Gasteiger partial charge in [-0.1, -0.05) is 23.7 Å². The minimum atomic E-state index is -3.43. The van der Waals surface area contributed by atoms with E-state index in [-0.39, 0.29) is 0 Å². The molecular formula is C24H17ClN8O2S. The first kappa shape index (κ1) is 22.1. The molecule has 0 aliphatic carbocycles. The lowest BCUT2D eigenvalue weighted by molar-refractivity contribution is 0.607. The van der Waals surface area contributed by atoms with E-state index in [0.717, 1.165) is 28.3 Å². The number of H-pyrrole nitrogens is 2. The molecule has 0 aliphatic heterocycles. The van der Waals surface area contributed by atoms with Crippen molar-refractivity contribution in [3.63, 3.8) is 0 Å². The first-order chi connectivity index (χ1) is 17.3. The summed E-state index contributed by atoms with van der Waals surface area (Å²) in [6, 6.07) is 13.1. The molecule has 0 atom stereocenters. The zero-order valence-corrected chi connectivity index (χ0v) is 20.3. The topological polar surface area (TPSA) is 142 Å². The molecule has 0 radical (unpaired) electrons. The largest absolute Gasteiger partial charge is 0.321 e. The van der Waals surface area contributed by atoms with Gasteiger partial charge < -0.3 is 4.98 Å². The lowest BCUT2D eigenvalue weighted by atomic mass is 10.1. The summed E-state index contributed by atoms with van der Waals surface area (Å²) in [7, 11) is -3.43. The van der Waals surface area contributed by atoms with E-state index in [2.05, 4.69) is 34.9 Å². The number of hydrogen-bond donors (Lipinski definition) is 3. The van der Waals surface area contributed by atoms with Gasteiger partial charge >= 0.3 is 0 Å². The van der Waals surface area contributed by atoms with Crippen LogP contribution in [0, 0.1) is 0 Å². The Labute approximate surface area is 209 Å². The second-order valence-corrected chi connectivity index (χ2v) is 10.4. The molecule has 0 spiro atoms. The van der Waals surface area contributed by atoms with Gasteiger partial charge in [-0.05, 0) is 35.9 Å². The molecule has 0 fully saturated rings. The first-order valence-electron chi connectivity index (χ1n) is 10.7. The number of hydrogen-bond acceptors (Lipinski definition) is 7. The average molecular weight is 517 g/mol. The van der Waals surface area contributed by atoms with Crippen molar-refractivity contribution >= 4 is 49.5 Å². The Morgan fingerprint density at radius 3 is 2.64 bits per heavy atom. The second-order valence-electron chi connectivity index (χ2n) is 8.18. The monoisotopic (exact) mass is 516 g/mol. The number of aromatic amines is 2. The Kier molecular flexibility index (Phi) is 5.16. The van der Waals surface area contributed by atoms with Crippen LogP contribution >= 0.6 is 11.6 Å². The Hall–Kier alpha value is -4.35. The summed E-state index contributed by atoms with van der Waals surface area (Å²) in [5.41, 5.74) is 6.08. The molecule has 0 unspecified atom stereocenters. The molecule has 0 amide bonds. The van der Waals surface area contributed by atoms with Gasteiger partial charge in [0.1, 0.15) is 11.2 Å². The molecule has 178 valence electrons. The van der Waals surface area contributed by atoms with E-state index >= 15 is 0 Å². The number of rotatable bonds is 5. The van der Waals surface area contributed by atoms with E-state index in [4.69, 9.17) is 16.6 Å². The van der Waals surface area contributed by atoms with Gasteiger partial charge in [-0.25, -0.2) is 23.4 Å². The number of pyridine rings is 3. The van der Waals surface area contributed by atoms with Gasteiger partial charge in [0.2, 0.25) is 10.0 Å². The fourth-order valence-corrected chi connectivity index (χ4v) is 4.75. The third-order valence-electron chi connectivity index (χ3n) is 5.54. The van der Waals surface area contributed by atoms with Crippen molar-refractivity contribution in [3.05, 3.63) is 72.3 Å². The predicted octanol–water partition coefficient (Wildman–Crippen LogP) is 4.65. The highest BCUT2D eigenvalue weighted by Crippen LogP contribution is 2.32. The molecule has 5 heterocycles. The van der Waals surface area contributed by atoms with Gasteiger partial charge in [-0.15, -0.1) is 0 Å². The third-order valence-corrected chi connectivity index (χ3v) is 6.38. The number of fused-ring (bicyclic) bond motifs is 2. The Morgan fingerprint density at radius 1 is 0.944 bits per heavy atom. The standard InChI is InChI=1S/C24H17ClN8O2S/c1-36(34,35)33-17-8-14(10-26-12-17)15-9-19-21(31-32-22(19)28-11-15)24-29-20-18(5-6-27-23(20)30-24)13-3-2-4-16(25)7-13/h2-12,33H,1H3,(H,27,29,30)(H,28,31,32). The number of anilines is 1. The fraction of sp³-hybridized carbons (Fsp3) is 0.0417. The van der Waals surface area contributed by atoms with E-state index in [0.29, 0.717) is 44.6 Å². The Bertz CT molecular complexity index is 1880. The fourth-order valence-electron chi connectivity index (χ4n) is 4.02. The molecule has 0 bridgehead atoms. The number of halogens is 1. The van der Waals surface area contributed by atoms with Gasteiger partial charge in [0.25, 0.3) is 0 Å². The summed E-state index contributed by atoms with van der Waals surface area (Å²) < 4.78 is 25.7. The van der Waals surface area contributed by atoms with Crippen LogP contribution in [0.5, 0.6) is 0 Å². The van der Waals surface area contributed by atoms with Crippen LogP contribution in [0.25, 0.3) is 56.0 Å². The summed E-state index contributed by atoms with van der Waals surface area (Å²) in [6.07, 6.45) is 7.55. The normalized spacial score (nSPS) is 11.8. The van der Waals surface area contributed by atoms with E-state index in [1.54, 1.807) is 24.7 Å². The highest BCUT2D eigenvalue weighted by molar-refractivity contribution is 7.92. The van der Waals surface area contributed by atoms with E-state index in [1.807, 2.05) is 36.4 Å². The van der Waals surface area contributed by atoms with Crippen LogP contribution in [0.15, 0.2) is 67.3 Å². The van der Waals surface area contributed by atoms with Crippen LogP contribution in [-0.2, 0) is 10.0 Å². The highest BCUT2D eigenvalue weighted by Gasteiger charge is 2.17. The summed E-state index contributed by atoms with van der Waals surface area (Å²) >= 11 is 6.20. The Morgan fingerprint density at radius 2 is 1.81 bits per heavy atom. The van der Waals surface area contributed by atoms with Crippen LogP contribution in [0.2, 0.25) is 5.02 Å². The van der Waals surface area contributed by atoms with Crippen LogP contribution < -0.4 is 4.72 Å². The molecule has 0 saturated heterocycles. The molecule has 5 aromatic heterocycles. The van der Waals surface area contributed by atoms with Crippen LogP contribution in [0.3, 0.4) is 0 Å². The SMILES string of the molecule is CS(=O)(=O)Nc1cncc(-c2cnc3[nH]nc(-c4nc5c(-c6cccc(Cl)c6)ccnc5[nH]4)c3c2)c1. The molecule has 12 heteroatoms. The molecule has 10 nitrogen and oxygen atoms in total. The smallest absolute Gasteiger partial charge is 0.229 e. The average Bonchev–Trinajstić information content (AvgIpc) is 3.46. The maximum atomic E-state index is 11.6. The van der Waals surface area contributed by atoms with E-state index < -0.39 is 10.0 Å². The van der Waals surface area contributed by atoms with Gasteiger partial charge in [-0.3, -0.25) is 14.8 Å². The summed E-state index contributed by atoms with van der Waals surface area (Å²) in [5.74, 6) is 0.530. The van der Waals surface area contributed by atoms with Crippen LogP contribution in [0.4, 0.5) is 5.69 Å². The first-order valence-corrected chi connectivity index (χ1v) is 13.0. The number of benzene rings is 1. The van der Waals surface area contributed by atoms with Crippen LogP contribution in [-0.4, -0.2) is 49.8 Å². The van der Waals surface area contributed by atoms with Crippen molar-refractivity contribution in [2.45, 2.75) is 0 Å². The lowest BCUT2D eigenvalue weighted by Gasteiger charge is -2.06. The minimum absolute atomic E-state index is 0.361. The molecule has 0 saturated carbocycles. The third kappa shape index (κ3) is 4.14. The molecular weight excluding hydrogens is 500 g/mol. The zero-order valence-electron chi connectivity index (χ0n) is 18.7. The number of sulfonamides is 1. The number of nitrogens with zero attached hydrogens (tertiary/aromatic N) is 5. The van der Waals surface area contributed by atoms with Crippen molar-refractivity contribution in [1.82, 2.24) is 35.1 Å². The quantitative estimate of drug-likeness (QED) is 0.302. The molecule has 6 aromatic rings. The molecule has 3 N–H and O–H groups in total. The maximum absolute atomic E-state index is 11.6. The van der Waals surface area contributed by atoms with Crippen molar-refractivity contribution in [1.29, 1.82) is 0 Å². The summed E-state index contributed by atoms with van der Waals surface area (Å²) in [6.45, 7) is 0. The van der Waals surface area contributed by atoms with Crippen molar-refractivity contribution in [2.24, 2.45) is 0 Å². The molecule has 0 aliphatic rings.